The van der Waals surface area contributed by atoms with Crippen LogP contribution in [0.4, 0.5) is 0 Å². The summed E-state index contributed by atoms with van der Waals surface area (Å²) in [5.74, 6) is 2.59. The summed E-state index contributed by atoms with van der Waals surface area (Å²) < 4.78 is 2.07. The Morgan fingerprint density at radius 3 is 1.80 bits per heavy atom. The molecule has 0 spiro atoms. The lowest BCUT2D eigenvalue weighted by atomic mass is 9.82. The molecule has 1 aliphatic carbocycles. The standard InChI is InChI=1S/C41H35N5/c1-40(2)26-41(3,4)33-25-31(22-23-32(33)40)37-43-36(30-19-13-18-29(24-30)27-14-7-5-8-15-27)44-39(45-37)46-35-21-12-11-20-34(35)42-38(46)28-16-9-6-10-17-28/h5-25H,26H2,1-4H3. The van der Waals surface area contributed by atoms with Crippen LogP contribution in [0.3, 0.4) is 0 Å². The first-order valence-electron chi connectivity index (χ1n) is 15.9. The van der Waals surface area contributed by atoms with E-state index < -0.39 is 0 Å². The smallest absolute Gasteiger partial charge is 0.240 e. The number of fused-ring (bicyclic) bond motifs is 2. The van der Waals surface area contributed by atoms with E-state index >= 15 is 0 Å². The third-order valence-electron chi connectivity index (χ3n) is 9.26. The third-order valence-corrected chi connectivity index (χ3v) is 9.26. The zero-order valence-electron chi connectivity index (χ0n) is 26.6. The normalized spacial score (nSPS) is 14.8. The molecule has 1 aliphatic rings. The molecule has 224 valence electrons. The van der Waals surface area contributed by atoms with Gasteiger partial charge in [-0.15, -0.1) is 0 Å². The largest absolute Gasteiger partial charge is 0.260 e. The van der Waals surface area contributed by atoms with Gasteiger partial charge in [-0.05, 0) is 63.8 Å². The number of hydrogen-bond donors (Lipinski definition) is 0. The summed E-state index contributed by atoms with van der Waals surface area (Å²) in [4.78, 5) is 20.6. The van der Waals surface area contributed by atoms with E-state index in [2.05, 4.69) is 117 Å². The monoisotopic (exact) mass is 597 g/mol. The van der Waals surface area contributed by atoms with Crippen LogP contribution >= 0.6 is 0 Å². The van der Waals surface area contributed by atoms with Crippen molar-refractivity contribution in [2.75, 3.05) is 0 Å². The maximum Gasteiger partial charge on any atom is 0.240 e. The van der Waals surface area contributed by atoms with Crippen LogP contribution in [0.25, 0.3) is 62.3 Å². The third kappa shape index (κ3) is 4.80. The van der Waals surface area contributed by atoms with E-state index in [1.807, 2.05) is 42.5 Å². The van der Waals surface area contributed by atoms with Gasteiger partial charge in [0.2, 0.25) is 5.95 Å². The molecule has 0 unspecified atom stereocenters. The zero-order valence-corrected chi connectivity index (χ0v) is 26.6. The summed E-state index contributed by atoms with van der Waals surface area (Å²) in [6, 6.07) is 44.0. The molecule has 5 nitrogen and oxygen atoms in total. The highest BCUT2D eigenvalue weighted by Crippen LogP contribution is 2.50. The molecule has 0 saturated carbocycles. The minimum absolute atomic E-state index is 0.0541. The SMILES string of the molecule is CC1(C)CC(C)(C)c2cc(-c3nc(-c4cccc(-c5ccccc5)c4)nc(-n4c(-c5ccccc5)nc5ccccc54)n3)ccc21. The number of nitrogens with zero attached hydrogens (tertiary/aromatic N) is 5. The second kappa shape index (κ2) is 10.6. The predicted molar refractivity (Wildman–Crippen MR) is 187 cm³/mol. The lowest BCUT2D eigenvalue weighted by molar-refractivity contribution is 0.403. The molecule has 0 atom stereocenters. The second-order valence-electron chi connectivity index (χ2n) is 13.6. The van der Waals surface area contributed by atoms with E-state index in [1.165, 1.54) is 11.1 Å². The van der Waals surface area contributed by atoms with Crippen LogP contribution in [0.5, 0.6) is 0 Å². The molecule has 7 aromatic rings. The van der Waals surface area contributed by atoms with E-state index in [1.54, 1.807) is 0 Å². The first-order chi connectivity index (χ1) is 22.3. The molecule has 0 amide bonds. The quantitative estimate of drug-likeness (QED) is 0.198. The first-order valence-corrected chi connectivity index (χ1v) is 15.9. The number of para-hydroxylation sites is 2. The highest BCUT2D eigenvalue weighted by Gasteiger charge is 2.41. The van der Waals surface area contributed by atoms with Crippen molar-refractivity contribution < 1.29 is 0 Å². The van der Waals surface area contributed by atoms with Crippen molar-refractivity contribution in [1.29, 1.82) is 0 Å². The molecule has 0 saturated heterocycles. The zero-order chi connectivity index (χ0) is 31.5. The first kappa shape index (κ1) is 28.1. The maximum absolute atomic E-state index is 5.20. The molecule has 2 aromatic heterocycles. The maximum atomic E-state index is 5.20. The van der Waals surface area contributed by atoms with Crippen LogP contribution in [-0.2, 0) is 10.8 Å². The van der Waals surface area contributed by atoms with Gasteiger partial charge < -0.3 is 0 Å². The van der Waals surface area contributed by atoms with E-state index in [4.69, 9.17) is 19.9 Å². The van der Waals surface area contributed by atoms with Crippen LogP contribution in [0.1, 0.15) is 45.2 Å². The Bertz CT molecular complexity index is 2230. The Morgan fingerprint density at radius 2 is 1.07 bits per heavy atom. The summed E-state index contributed by atoms with van der Waals surface area (Å²) in [7, 11) is 0. The fraction of sp³-hybridized carbons (Fsp3) is 0.171. The lowest BCUT2D eigenvalue weighted by Crippen LogP contribution is -2.17. The van der Waals surface area contributed by atoms with Gasteiger partial charge in [0.25, 0.3) is 0 Å². The van der Waals surface area contributed by atoms with Gasteiger partial charge in [-0.2, -0.15) is 9.97 Å². The highest BCUT2D eigenvalue weighted by molar-refractivity contribution is 5.83. The van der Waals surface area contributed by atoms with Gasteiger partial charge in [0.15, 0.2) is 11.6 Å². The Hall–Kier alpha value is -5.42. The predicted octanol–water partition coefficient (Wildman–Crippen LogP) is 9.84. The summed E-state index contributed by atoms with van der Waals surface area (Å²) >= 11 is 0. The van der Waals surface area contributed by atoms with Crippen LogP contribution in [0.15, 0.2) is 127 Å². The van der Waals surface area contributed by atoms with Crippen LogP contribution in [0, 0.1) is 0 Å². The molecule has 0 aliphatic heterocycles. The van der Waals surface area contributed by atoms with E-state index in [-0.39, 0.29) is 10.8 Å². The molecular formula is C41H35N5. The molecule has 2 heterocycles. The Labute approximate surface area is 269 Å². The van der Waals surface area contributed by atoms with Gasteiger partial charge in [0.05, 0.1) is 11.0 Å². The Morgan fingerprint density at radius 1 is 0.478 bits per heavy atom. The van der Waals surface area contributed by atoms with Crippen LogP contribution in [0.2, 0.25) is 0 Å². The minimum Gasteiger partial charge on any atom is -0.260 e. The topological polar surface area (TPSA) is 56.5 Å². The van der Waals surface area contributed by atoms with Crippen molar-refractivity contribution in [3.8, 4) is 51.2 Å². The van der Waals surface area contributed by atoms with Crippen molar-refractivity contribution in [3.05, 3.63) is 139 Å². The molecule has 46 heavy (non-hydrogen) atoms. The van der Waals surface area contributed by atoms with Crippen LogP contribution < -0.4 is 0 Å². The molecule has 0 radical (unpaired) electrons. The van der Waals surface area contributed by atoms with Gasteiger partial charge in [0, 0.05) is 16.7 Å². The van der Waals surface area contributed by atoms with Gasteiger partial charge in [0.1, 0.15) is 5.82 Å². The molecular weight excluding hydrogens is 562 g/mol. The van der Waals surface area contributed by atoms with Gasteiger partial charge in [-0.3, -0.25) is 4.57 Å². The number of imidazole rings is 1. The van der Waals surface area contributed by atoms with E-state index in [0.29, 0.717) is 17.6 Å². The summed E-state index contributed by atoms with van der Waals surface area (Å²) in [5.41, 5.74) is 9.94. The minimum atomic E-state index is 0.0541. The van der Waals surface area contributed by atoms with Gasteiger partial charge in [-0.25, -0.2) is 9.97 Å². The molecule has 0 fully saturated rings. The fourth-order valence-corrected chi connectivity index (χ4v) is 7.33. The Kier molecular flexibility index (Phi) is 6.47. The summed E-state index contributed by atoms with van der Waals surface area (Å²) in [6.07, 6.45) is 1.10. The van der Waals surface area contributed by atoms with Crippen molar-refractivity contribution in [3.63, 3.8) is 0 Å². The molecule has 5 heteroatoms. The van der Waals surface area contributed by atoms with Crippen molar-refractivity contribution in [2.45, 2.75) is 44.9 Å². The van der Waals surface area contributed by atoms with Crippen molar-refractivity contribution >= 4 is 11.0 Å². The fourth-order valence-electron chi connectivity index (χ4n) is 7.33. The van der Waals surface area contributed by atoms with E-state index in [9.17, 15) is 0 Å². The van der Waals surface area contributed by atoms with Crippen LogP contribution in [-0.4, -0.2) is 24.5 Å². The highest BCUT2D eigenvalue weighted by atomic mass is 15.2. The molecule has 8 rings (SSSR count). The summed E-state index contributed by atoms with van der Waals surface area (Å²) in [6.45, 7) is 9.36. The second-order valence-corrected chi connectivity index (χ2v) is 13.6. The lowest BCUT2D eigenvalue weighted by Gasteiger charge is -2.22. The van der Waals surface area contributed by atoms with Crippen molar-refractivity contribution in [2.24, 2.45) is 0 Å². The van der Waals surface area contributed by atoms with Gasteiger partial charge in [-0.1, -0.05) is 131 Å². The van der Waals surface area contributed by atoms with Crippen molar-refractivity contribution in [1.82, 2.24) is 24.5 Å². The number of benzene rings is 5. The van der Waals surface area contributed by atoms with E-state index in [0.717, 1.165) is 51.1 Å². The average molecular weight is 598 g/mol. The summed E-state index contributed by atoms with van der Waals surface area (Å²) in [5, 5.41) is 0. The number of aromatic nitrogens is 5. The average Bonchev–Trinajstić information content (AvgIpc) is 3.56. The Balaban J connectivity index is 1.38. The molecule has 0 N–H and O–H groups in total. The molecule has 5 aromatic carbocycles. The number of hydrogen-bond acceptors (Lipinski definition) is 4. The number of rotatable bonds is 5. The molecule has 0 bridgehead atoms. The van der Waals surface area contributed by atoms with Gasteiger partial charge >= 0.3 is 0 Å².